The van der Waals surface area contributed by atoms with Gasteiger partial charge in [0, 0.05) is 5.54 Å². The summed E-state index contributed by atoms with van der Waals surface area (Å²) in [5.74, 6) is 0.949. The summed E-state index contributed by atoms with van der Waals surface area (Å²) in [5, 5.41) is 0. The van der Waals surface area contributed by atoms with E-state index in [-0.39, 0.29) is 5.54 Å². The van der Waals surface area contributed by atoms with E-state index in [0.29, 0.717) is 0 Å². The van der Waals surface area contributed by atoms with E-state index in [4.69, 9.17) is 10.5 Å². The van der Waals surface area contributed by atoms with Crippen LogP contribution in [0.2, 0.25) is 0 Å². The average Bonchev–Trinajstić information content (AvgIpc) is 2.43. The largest absolute Gasteiger partial charge is 0.494 e. The van der Waals surface area contributed by atoms with Gasteiger partial charge in [0.25, 0.3) is 0 Å². The third-order valence-electron chi connectivity index (χ3n) is 3.56. The summed E-state index contributed by atoms with van der Waals surface area (Å²) < 4.78 is 5.69. The molecule has 2 nitrogen and oxygen atoms in total. The fraction of sp³-hybridized carbons (Fsp3) is 0.625. The fourth-order valence-electron chi connectivity index (χ4n) is 2.14. The molecule has 0 aromatic heterocycles. The van der Waals surface area contributed by atoms with Gasteiger partial charge in [0.15, 0.2) is 0 Å². The lowest BCUT2D eigenvalue weighted by Gasteiger charge is -2.28. The molecule has 0 saturated carbocycles. The second-order valence-electron chi connectivity index (χ2n) is 5.08. The molecule has 1 aromatic carbocycles. The van der Waals surface area contributed by atoms with Crippen LogP contribution in [-0.4, -0.2) is 12.1 Å². The van der Waals surface area contributed by atoms with E-state index in [1.807, 2.05) is 30.3 Å². The molecule has 0 spiro atoms. The van der Waals surface area contributed by atoms with Crippen molar-refractivity contribution in [3.8, 4) is 5.75 Å². The van der Waals surface area contributed by atoms with Gasteiger partial charge in [-0.2, -0.15) is 0 Å². The van der Waals surface area contributed by atoms with Crippen molar-refractivity contribution in [1.82, 2.24) is 0 Å². The lowest BCUT2D eigenvalue weighted by atomic mass is 9.86. The van der Waals surface area contributed by atoms with Crippen LogP contribution in [0, 0.1) is 0 Å². The first-order valence-corrected chi connectivity index (χ1v) is 7.17. The zero-order valence-electron chi connectivity index (χ0n) is 11.8. The highest BCUT2D eigenvalue weighted by Gasteiger charge is 2.21. The lowest BCUT2D eigenvalue weighted by Crippen LogP contribution is -2.39. The predicted molar refractivity (Wildman–Crippen MR) is 77.9 cm³/mol. The zero-order valence-corrected chi connectivity index (χ0v) is 11.8. The number of rotatable bonds is 9. The van der Waals surface area contributed by atoms with E-state index in [1.54, 1.807) is 0 Å². The number of benzene rings is 1. The van der Waals surface area contributed by atoms with Crippen molar-refractivity contribution in [3.63, 3.8) is 0 Å². The maximum atomic E-state index is 6.41. The highest BCUT2D eigenvalue weighted by Crippen LogP contribution is 2.21. The molecule has 0 fully saturated rings. The van der Waals surface area contributed by atoms with Crippen LogP contribution in [0.3, 0.4) is 0 Å². The van der Waals surface area contributed by atoms with Gasteiger partial charge in [0.05, 0.1) is 6.61 Å². The van der Waals surface area contributed by atoms with Crippen LogP contribution < -0.4 is 10.5 Å². The molecule has 18 heavy (non-hydrogen) atoms. The average molecular weight is 249 g/mol. The Morgan fingerprint density at radius 2 is 1.72 bits per heavy atom. The van der Waals surface area contributed by atoms with Gasteiger partial charge in [-0.3, -0.25) is 0 Å². The Labute approximate surface area is 112 Å². The van der Waals surface area contributed by atoms with Gasteiger partial charge < -0.3 is 10.5 Å². The van der Waals surface area contributed by atoms with Crippen molar-refractivity contribution in [2.24, 2.45) is 5.73 Å². The second kappa shape index (κ2) is 8.15. The van der Waals surface area contributed by atoms with E-state index < -0.39 is 0 Å². The predicted octanol–water partition coefficient (Wildman–Crippen LogP) is 4.14. The van der Waals surface area contributed by atoms with Gasteiger partial charge in [0.1, 0.15) is 5.75 Å². The summed E-state index contributed by atoms with van der Waals surface area (Å²) in [6.07, 6.45) is 6.71. The monoisotopic (exact) mass is 249 g/mol. The molecule has 0 aliphatic carbocycles. The van der Waals surface area contributed by atoms with E-state index >= 15 is 0 Å². The molecule has 0 bridgehead atoms. The summed E-state index contributed by atoms with van der Waals surface area (Å²) in [6, 6.07) is 9.98. The molecule has 102 valence electrons. The molecule has 2 N–H and O–H groups in total. The lowest BCUT2D eigenvalue weighted by molar-refractivity contribution is 0.265. The summed E-state index contributed by atoms with van der Waals surface area (Å²) in [7, 11) is 0. The van der Waals surface area contributed by atoms with E-state index in [9.17, 15) is 0 Å². The molecule has 0 aliphatic heterocycles. The highest BCUT2D eigenvalue weighted by atomic mass is 16.5. The number of ether oxygens (including phenoxy) is 1. The first kappa shape index (κ1) is 15.0. The van der Waals surface area contributed by atoms with Crippen LogP contribution in [0.25, 0.3) is 0 Å². The van der Waals surface area contributed by atoms with Gasteiger partial charge in [-0.25, -0.2) is 0 Å². The molecular weight excluding hydrogens is 222 g/mol. The Kier molecular flexibility index (Phi) is 6.81. The van der Waals surface area contributed by atoms with Crippen LogP contribution >= 0.6 is 0 Å². The Morgan fingerprint density at radius 1 is 1.06 bits per heavy atom. The third-order valence-corrected chi connectivity index (χ3v) is 3.56. The van der Waals surface area contributed by atoms with Gasteiger partial charge in [-0.05, 0) is 37.8 Å². The molecule has 0 aliphatic rings. The number of hydrogen-bond acceptors (Lipinski definition) is 2. The highest BCUT2D eigenvalue weighted by molar-refractivity contribution is 5.20. The fourth-order valence-corrected chi connectivity index (χ4v) is 2.14. The quantitative estimate of drug-likeness (QED) is 0.667. The molecule has 1 atom stereocenters. The summed E-state index contributed by atoms with van der Waals surface area (Å²) >= 11 is 0. The first-order valence-electron chi connectivity index (χ1n) is 7.17. The number of nitrogens with two attached hydrogens (primary N) is 1. The van der Waals surface area contributed by atoms with Crippen molar-refractivity contribution >= 4 is 0 Å². The Hall–Kier alpha value is -1.02. The van der Waals surface area contributed by atoms with Crippen molar-refractivity contribution < 1.29 is 4.74 Å². The minimum atomic E-state index is 0.00998. The normalized spacial score (nSPS) is 14.2. The Morgan fingerprint density at radius 3 is 2.33 bits per heavy atom. The first-order chi connectivity index (χ1) is 8.70. The minimum Gasteiger partial charge on any atom is -0.494 e. The summed E-state index contributed by atoms with van der Waals surface area (Å²) in [4.78, 5) is 0. The molecule has 1 unspecified atom stereocenters. The number of para-hydroxylation sites is 1. The van der Waals surface area contributed by atoms with Gasteiger partial charge in [-0.15, -0.1) is 0 Å². The van der Waals surface area contributed by atoms with Gasteiger partial charge in [0.2, 0.25) is 0 Å². The van der Waals surface area contributed by atoms with Gasteiger partial charge >= 0.3 is 0 Å². The van der Waals surface area contributed by atoms with Crippen LogP contribution in [0.4, 0.5) is 0 Å². The maximum absolute atomic E-state index is 6.41. The number of unbranched alkanes of at least 4 members (excludes halogenated alkanes) is 1. The number of hydrogen-bond donors (Lipinski definition) is 1. The molecule has 1 aromatic rings. The Balaban J connectivity index is 2.23. The topological polar surface area (TPSA) is 35.2 Å². The van der Waals surface area contributed by atoms with E-state index in [2.05, 4.69) is 13.8 Å². The molecule has 0 radical (unpaired) electrons. The van der Waals surface area contributed by atoms with Crippen LogP contribution in [-0.2, 0) is 0 Å². The summed E-state index contributed by atoms with van der Waals surface area (Å²) in [6.45, 7) is 5.16. The van der Waals surface area contributed by atoms with Crippen LogP contribution in [0.5, 0.6) is 5.75 Å². The third kappa shape index (κ3) is 5.54. The Bertz CT molecular complexity index is 312. The smallest absolute Gasteiger partial charge is 0.119 e. The van der Waals surface area contributed by atoms with Crippen molar-refractivity contribution in [1.29, 1.82) is 0 Å². The van der Waals surface area contributed by atoms with Crippen LogP contribution in [0.1, 0.15) is 52.4 Å². The maximum Gasteiger partial charge on any atom is 0.119 e. The molecule has 0 saturated heterocycles. The van der Waals surface area contributed by atoms with E-state index in [0.717, 1.165) is 38.0 Å². The molecule has 1 rings (SSSR count). The second-order valence-corrected chi connectivity index (χ2v) is 5.08. The van der Waals surface area contributed by atoms with Gasteiger partial charge in [-0.1, -0.05) is 44.9 Å². The SMILES string of the molecule is CCCCC(N)(CC)CCCOc1ccccc1. The van der Waals surface area contributed by atoms with E-state index in [1.165, 1.54) is 12.8 Å². The molecule has 2 heteroatoms. The summed E-state index contributed by atoms with van der Waals surface area (Å²) in [5.41, 5.74) is 6.42. The minimum absolute atomic E-state index is 0.00998. The van der Waals surface area contributed by atoms with Crippen LogP contribution in [0.15, 0.2) is 30.3 Å². The van der Waals surface area contributed by atoms with Crippen molar-refractivity contribution in [2.75, 3.05) is 6.61 Å². The zero-order chi connectivity index (χ0) is 13.3. The molecular formula is C16H27NO. The molecule has 0 heterocycles. The standard InChI is InChI=1S/C16H27NO/c1-3-5-12-16(17,4-2)13-9-14-18-15-10-7-6-8-11-15/h6-8,10-11H,3-5,9,12-14,17H2,1-2H3. The van der Waals surface area contributed by atoms with Crippen molar-refractivity contribution in [3.05, 3.63) is 30.3 Å². The van der Waals surface area contributed by atoms with Crippen molar-refractivity contribution in [2.45, 2.75) is 57.9 Å². The molecule has 0 amide bonds.